The second-order valence-electron chi connectivity index (χ2n) is 3.58. The van der Waals surface area contributed by atoms with Crippen molar-refractivity contribution in [1.29, 1.82) is 0 Å². The Kier molecular flexibility index (Phi) is 281. The molecule has 69 heteroatoms. The molecule has 0 unspecified atom stereocenters. The molecule has 0 spiro atoms. The van der Waals surface area contributed by atoms with Gasteiger partial charge >= 0.3 is 551 Å². The summed E-state index contributed by atoms with van der Waals surface area (Å²) < 4.78 is 413. The summed E-state index contributed by atoms with van der Waals surface area (Å²) in [6, 6.07) is 0. The van der Waals surface area contributed by atoms with Crippen molar-refractivity contribution in [2.24, 2.45) is 0 Å². The topological polar surface area (TPSA) is 915 Å². The molecule has 0 aliphatic rings. The van der Waals surface area contributed by atoms with Gasteiger partial charge in [-0.15, -0.1) is 0 Å². The fraction of sp³-hybridized carbons (Fsp3) is 0. The maximum absolute atomic E-state index is 8.60. The molecule has 0 amide bonds. The monoisotopic (exact) mass is 2970 g/mol. The summed E-state index contributed by atoms with van der Waals surface area (Å²) in [4.78, 5) is 0. The predicted octanol–water partition coefficient (Wildman–Crippen LogP) is -23.6. The molecule has 48 nitrogen and oxygen atoms in total. The van der Waals surface area contributed by atoms with Crippen molar-refractivity contribution in [3.05, 3.63) is 0 Å². The number of rotatable bonds is 0. The molecule has 0 aromatic rings. The minimum Gasteiger partial charge on any atom is 0 e. The summed E-state index contributed by atoms with van der Waals surface area (Å²) in [5.41, 5.74) is 0. The average Bonchev–Trinajstić information content (AvgIpc) is 2.83. The Morgan fingerprint density at radius 1 is 0.130 bits per heavy atom. The Morgan fingerprint density at radius 2 is 0.130 bits per heavy atom. The molecule has 0 aliphatic carbocycles. The molecule has 0 saturated carbocycles. The molecular formula is Fe2Nb16O48Pb2W-6. The normalized spacial score (nSPS) is 5.80. The van der Waals surface area contributed by atoms with Crippen LogP contribution in [-0.4, -0.2) is 54.6 Å². The van der Waals surface area contributed by atoms with Gasteiger partial charge in [0.05, 0.1) is 0 Å². The third-order valence-corrected chi connectivity index (χ3v) is 0. The first-order valence-corrected chi connectivity index (χ1v) is 51.8. The van der Waals surface area contributed by atoms with Crippen LogP contribution < -0.4 is 57.8 Å². The quantitative estimate of drug-likeness (QED) is 0.203. The second-order valence-corrected chi connectivity index (χ2v) is 21.2. The van der Waals surface area contributed by atoms with Gasteiger partial charge in [-0.05, 0) is 0 Å². The van der Waals surface area contributed by atoms with Gasteiger partial charge in [0.1, 0.15) is 0 Å². The van der Waals surface area contributed by atoms with Gasteiger partial charge in [0.2, 0.25) is 0 Å². The van der Waals surface area contributed by atoms with Crippen LogP contribution >= 0.6 is 0 Å². The van der Waals surface area contributed by atoms with E-state index in [-0.39, 0.29) is 110 Å². The van der Waals surface area contributed by atoms with E-state index in [0.717, 1.165) is 0 Å². The fourth-order valence-electron chi connectivity index (χ4n) is 0. The fourth-order valence-corrected chi connectivity index (χ4v) is 0. The van der Waals surface area contributed by atoms with Crippen molar-refractivity contribution >= 4 is 54.6 Å². The van der Waals surface area contributed by atoms with Crippen LogP contribution in [0.4, 0.5) is 0 Å². The summed E-state index contributed by atoms with van der Waals surface area (Å²) >= 11 is -67.2. The molecular weight excluding hydrogens is 2960 g/mol. The zero-order valence-corrected chi connectivity index (χ0v) is 77.0. The predicted molar refractivity (Wildman–Crippen MR) is 33.5 cm³/mol. The molecule has 0 aromatic heterocycles. The van der Waals surface area contributed by atoms with Gasteiger partial charge in [-0.1, -0.05) is 0 Å². The van der Waals surface area contributed by atoms with Crippen molar-refractivity contribution in [3.8, 4) is 0 Å². The second kappa shape index (κ2) is 137. The Bertz CT molecular complexity index is 1500. The Labute approximate surface area is 558 Å². The minimum atomic E-state index is -4.20. The van der Waals surface area contributed by atoms with Crippen molar-refractivity contribution in [1.82, 2.24) is 0 Å². The SMILES string of the molecule is [Fe+3].[Fe+3].[O]=[Nb](=[O])[O-].[O]=[Nb](=[O])[O-].[O]=[Nb](=[O])[O-].[O]=[Nb](=[O])[O-].[O]=[Nb](=[O])[O-].[O]=[Nb](=[O])[O-].[O]=[Nb](=[O])[O-].[O]=[Nb](=[O])[O-].[O]=[Nb](=[O])[O-].[O]=[Nb](=[O])[O-].[O]=[Nb](=[O])[O-].[O]=[Nb](=[O])[O-].[O]=[Nb](=[O])[O-].[O]=[Nb](=[O])[O-].[O]=[Nb](=[O])[O-].[O]=[Nb](=[O])[O-].[Pb+2].[Pb+2].[W]. The largest absolute Gasteiger partial charge is 2.00 e. The first-order chi connectivity index (χ1) is 27.7. The van der Waals surface area contributed by atoms with Gasteiger partial charge in [0.15, 0.2) is 0 Å². The smallest absolute Gasteiger partial charge is 0 e. The van der Waals surface area contributed by atoms with Gasteiger partial charge < -0.3 is 0 Å². The molecule has 69 heavy (non-hydrogen) atoms. The summed E-state index contributed by atoms with van der Waals surface area (Å²) in [5.74, 6) is 0. The zero-order valence-electron chi connectivity index (χ0n) is 28.9. The van der Waals surface area contributed by atoms with Gasteiger partial charge in [-0.2, -0.15) is 0 Å². The van der Waals surface area contributed by atoms with Gasteiger partial charge in [0.25, 0.3) is 0 Å². The van der Waals surface area contributed by atoms with Crippen molar-refractivity contribution in [3.63, 3.8) is 0 Å². The van der Waals surface area contributed by atoms with E-state index in [0.29, 0.717) is 0 Å². The van der Waals surface area contributed by atoms with E-state index in [1.54, 1.807) is 0 Å². The Hall–Kier alpha value is 8.38. The summed E-state index contributed by atoms with van der Waals surface area (Å²) in [5, 5.41) is 0. The summed E-state index contributed by atoms with van der Waals surface area (Å²) in [6.45, 7) is 0. The van der Waals surface area contributed by atoms with E-state index < -0.39 is 301 Å². The average molecular weight is 2960 g/mol. The molecule has 0 N–H and O–H groups in total. The molecule has 6 radical (unpaired) electrons. The van der Waals surface area contributed by atoms with Crippen LogP contribution in [0.25, 0.3) is 0 Å². The van der Waals surface area contributed by atoms with Crippen LogP contribution in [0.3, 0.4) is 0 Å². The third kappa shape index (κ3) is 6020. The van der Waals surface area contributed by atoms with Crippen molar-refractivity contribution < 1.29 is 518 Å². The van der Waals surface area contributed by atoms with E-state index in [1.165, 1.54) is 0 Å². The van der Waals surface area contributed by atoms with Crippen LogP contribution in [0.15, 0.2) is 0 Å². The zero-order chi connectivity index (χ0) is 57.2. The third-order valence-electron chi connectivity index (χ3n) is 0. The summed E-state index contributed by atoms with van der Waals surface area (Å²) in [7, 11) is 0. The minimum absolute atomic E-state index is 0. The number of hydrogen-bond acceptors (Lipinski definition) is 48. The van der Waals surface area contributed by atoms with E-state index in [4.69, 9.17) is 162 Å². The molecule has 0 saturated heterocycles. The van der Waals surface area contributed by atoms with Crippen molar-refractivity contribution in [2.45, 2.75) is 0 Å². The molecule has 0 rings (SSSR count). The molecule has 0 bridgehead atoms. The van der Waals surface area contributed by atoms with Crippen molar-refractivity contribution in [2.75, 3.05) is 0 Å². The number of hydrogen-bond donors (Lipinski definition) is 0. The van der Waals surface area contributed by atoms with E-state index >= 15 is 0 Å². The van der Waals surface area contributed by atoms with Gasteiger partial charge in [-0.3, -0.25) is 0 Å². The summed E-state index contributed by atoms with van der Waals surface area (Å²) in [6.07, 6.45) is 0. The molecule has 0 atom stereocenters. The van der Waals surface area contributed by atoms with Crippen LogP contribution in [0.5, 0.6) is 0 Å². The van der Waals surface area contributed by atoms with E-state index in [1.807, 2.05) is 0 Å². The maximum atomic E-state index is 8.60. The first kappa shape index (κ1) is 142. The van der Waals surface area contributed by atoms with E-state index in [9.17, 15) is 0 Å². The Morgan fingerprint density at radius 3 is 0.130 bits per heavy atom. The maximum Gasteiger partial charge on any atom is 2.00 e. The van der Waals surface area contributed by atoms with Crippen LogP contribution in [0.2, 0.25) is 0 Å². The Balaban J connectivity index is -0.0000000187. The molecule has 0 aromatic carbocycles. The van der Waals surface area contributed by atoms with E-state index in [2.05, 4.69) is 0 Å². The van der Waals surface area contributed by atoms with Crippen LogP contribution in [0, 0.1) is 0 Å². The molecule has 0 heterocycles. The van der Waals surface area contributed by atoms with Crippen LogP contribution in [0.1, 0.15) is 0 Å². The van der Waals surface area contributed by atoms with Gasteiger partial charge in [0, 0.05) is 21.1 Å². The van der Waals surface area contributed by atoms with Gasteiger partial charge in [-0.25, -0.2) is 0 Å². The molecule has 0 fully saturated rings. The molecule has 404 valence electrons. The molecule has 0 aliphatic heterocycles. The van der Waals surface area contributed by atoms with Crippen LogP contribution in [-0.2, 0) is 460 Å². The standard InChI is InChI=1S/2Fe.16Nb.48O.2Pb.W/q2*+3;;;;;;;;;;;;;;;;;;;;;;;;;;;;;;;;;;;;;;;;;;;;;;;;;16*-1;2*+2;. The first-order valence-electron chi connectivity index (χ1n) is 8.76.